The van der Waals surface area contributed by atoms with Gasteiger partial charge in [0.05, 0.1) is 23.2 Å². The van der Waals surface area contributed by atoms with Crippen molar-refractivity contribution in [3.63, 3.8) is 0 Å². The van der Waals surface area contributed by atoms with Crippen LogP contribution in [0, 0.1) is 5.92 Å². The van der Waals surface area contributed by atoms with Crippen molar-refractivity contribution in [2.45, 2.75) is 31.8 Å². The number of aryl methyl sites for hydroxylation is 1. The van der Waals surface area contributed by atoms with Gasteiger partial charge >= 0.3 is 0 Å². The standard InChI is InChI=1S/C21H26BrN3O2/c1-4-13(11-26)23-21(27)12-8-15-14-6-5-7-17-19(14)16(20(22)25(17)3)9-18(15)24(2)10-12/h5-8,12-13,18,26H,4,9-11H2,1-3H3,(H,23,27)/t12-,13+,18-/m1/s1. The van der Waals surface area contributed by atoms with Crippen molar-refractivity contribution in [3.05, 3.63) is 40.0 Å². The van der Waals surface area contributed by atoms with Crippen molar-refractivity contribution in [2.24, 2.45) is 13.0 Å². The Bertz CT molecular complexity index is 929. The lowest BCUT2D eigenvalue weighted by Crippen LogP contribution is -2.48. The topological polar surface area (TPSA) is 57.5 Å². The summed E-state index contributed by atoms with van der Waals surface area (Å²) in [6.45, 7) is 2.64. The fourth-order valence-corrected chi connectivity index (χ4v) is 5.05. The summed E-state index contributed by atoms with van der Waals surface area (Å²) in [4.78, 5) is 15.1. The van der Waals surface area contributed by atoms with Gasteiger partial charge in [0.1, 0.15) is 0 Å². The number of carbonyl (C=O) groups is 1. The van der Waals surface area contributed by atoms with Crippen molar-refractivity contribution < 1.29 is 9.90 Å². The van der Waals surface area contributed by atoms with Gasteiger partial charge in [-0.25, -0.2) is 0 Å². The number of nitrogens with one attached hydrogen (secondary N) is 1. The van der Waals surface area contributed by atoms with E-state index >= 15 is 0 Å². The van der Waals surface area contributed by atoms with Crippen LogP contribution in [0.5, 0.6) is 0 Å². The van der Waals surface area contributed by atoms with Crippen molar-refractivity contribution in [1.29, 1.82) is 0 Å². The number of halogens is 1. The van der Waals surface area contributed by atoms with Crippen LogP contribution in [-0.4, -0.2) is 52.8 Å². The highest BCUT2D eigenvalue weighted by molar-refractivity contribution is 9.10. The second-order valence-corrected chi connectivity index (χ2v) is 8.46. The third-order valence-electron chi connectivity index (χ3n) is 6.11. The van der Waals surface area contributed by atoms with E-state index in [9.17, 15) is 9.90 Å². The molecule has 5 nitrogen and oxygen atoms in total. The summed E-state index contributed by atoms with van der Waals surface area (Å²) < 4.78 is 3.34. The molecule has 144 valence electrons. The fourth-order valence-electron chi connectivity index (χ4n) is 4.50. The van der Waals surface area contributed by atoms with E-state index in [1.54, 1.807) is 0 Å². The third kappa shape index (κ3) is 2.94. The molecule has 0 fully saturated rings. The van der Waals surface area contributed by atoms with Gasteiger partial charge in [0.15, 0.2) is 0 Å². The molecule has 0 saturated heterocycles. The van der Waals surface area contributed by atoms with E-state index in [2.05, 4.69) is 69.1 Å². The lowest BCUT2D eigenvalue weighted by atomic mass is 9.79. The zero-order valence-corrected chi connectivity index (χ0v) is 17.6. The molecule has 0 spiro atoms. The summed E-state index contributed by atoms with van der Waals surface area (Å²) in [5, 5.41) is 13.7. The summed E-state index contributed by atoms with van der Waals surface area (Å²) in [6, 6.07) is 6.53. The van der Waals surface area contributed by atoms with Gasteiger partial charge in [-0.1, -0.05) is 25.1 Å². The van der Waals surface area contributed by atoms with E-state index in [0.717, 1.165) is 17.4 Å². The highest BCUT2D eigenvalue weighted by atomic mass is 79.9. The number of likely N-dealkylation sites (N-methyl/N-ethyl adjacent to an activating group) is 1. The normalized spacial score (nSPS) is 23.1. The highest BCUT2D eigenvalue weighted by Crippen LogP contribution is 2.44. The van der Waals surface area contributed by atoms with Gasteiger partial charge < -0.3 is 15.0 Å². The number of rotatable bonds is 4. The molecule has 0 bridgehead atoms. The first kappa shape index (κ1) is 18.7. The van der Waals surface area contributed by atoms with Crippen molar-refractivity contribution in [2.75, 3.05) is 20.2 Å². The Kier molecular flexibility index (Phi) is 4.91. The van der Waals surface area contributed by atoms with E-state index in [1.165, 1.54) is 27.6 Å². The molecule has 1 aromatic heterocycles. The van der Waals surface area contributed by atoms with E-state index in [0.29, 0.717) is 6.54 Å². The molecule has 0 saturated carbocycles. The Morgan fingerprint density at radius 1 is 1.41 bits per heavy atom. The number of nitrogens with zero attached hydrogens (tertiary/aromatic N) is 2. The summed E-state index contributed by atoms with van der Waals surface area (Å²) in [6.07, 6.45) is 3.83. The molecule has 0 radical (unpaired) electrons. The molecule has 2 N–H and O–H groups in total. The van der Waals surface area contributed by atoms with Crippen LogP contribution in [0.25, 0.3) is 16.5 Å². The lowest BCUT2D eigenvalue weighted by Gasteiger charge is -2.39. The number of aliphatic hydroxyl groups is 1. The van der Waals surface area contributed by atoms with E-state index in [-0.39, 0.29) is 30.5 Å². The maximum absolute atomic E-state index is 12.8. The second kappa shape index (κ2) is 7.08. The number of amides is 1. The molecule has 1 amide bonds. The average Bonchev–Trinajstić information content (AvgIpc) is 2.92. The van der Waals surface area contributed by atoms with Crippen LogP contribution in [0.2, 0.25) is 0 Å². The van der Waals surface area contributed by atoms with Gasteiger partial charge in [0, 0.05) is 30.5 Å². The molecule has 1 aromatic carbocycles. The van der Waals surface area contributed by atoms with Crippen molar-refractivity contribution in [1.82, 2.24) is 14.8 Å². The van der Waals surface area contributed by atoms with Crippen LogP contribution in [0.3, 0.4) is 0 Å². The minimum atomic E-state index is -0.203. The smallest absolute Gasteiger partial charge is 0.228 e. The Morgan fingerprint density at radius 2 is 2.19 bits per heavy atom. The average molecular weight is 432 g/mol. The summed E-state index contributed by atoms with van der Waals surface area (Å²) in [5.74, 6) is -0.202. The molecule has 4 rings (SSSR count). The number of fused-ring (bicyclic) bond motifs is 2. The number of benzene rings is 1. The van der Waals surface area contributed by atoms with Gasteiger partial charge in [-0.15, -0.1) is 0 Å². The first-order valence-corrected chi connectivity index (χ1v) is 10.3. The van der Waals surface area contributed by atoms with Crippen molar-refractivity contribution >= 4 is 38.3 Å². The molecular formula is C21H26BrN3O2. The first-order chi connectivity index (χ1) is 13.0. The van der Waals surface area contributed by atoms with Crippen LogP contribution in [0.15, 0.2) is 28.9 Å². The van der Waals surface area contributed by atoms with E-state index in [1.807, 2.05) is 6.92 Å². The van der Waals surface area contributed by atoms with E-state index in [4.69, 9.17) is 0 Å². The second-order valence-electron chi connectivity index (χ2n) is 7.71. The molecular weight excluding hydrogens is 406 g/mol. The Labute approximate surface area is 168 Å². The van der Waals surface area contributed by atoms with Crippen molar-refractivity contribution in [3.8, 4) is 0 Å². The largest absolute Gasteiger partial charge is 0.394 e. The molecule has 0 unspecified atom stereocenters. The third-order valence-corrected chi connectivity index (χ3v) is 7.12. The number of aliphatic hydroxyl groups excluding tert-OH is 1. The fraction of sp³-hybridized carbons (Fsp3) is 0.476. The lowest BCUT2D eigenvalue weighted by molar-refractivity contribution is -0.125. The monoisotopic (exact) mass is 431 g/mol. The Balaban J connectivity index is 1.77. The number of hydrogen-bond acceptors (Lipinski definition) is 3. The molecule has 1 aliphatic heterocycles. The maximum atomic E-state index is 12.8. The van der Waals surface area contributed by atoms with Crippen LogP contribution in [0.4, 0.5) is 0 Å². The zero-order chi connectivity index (χ0) is 19.3. The van der Waals surface area contributed by atoms with Crippen LogP contribution in [-0.2, 0) is 18.3 Å². The number of hydrogen-bond donors (Lipinski definition) is 2. The minimum absolute atomic E-state index is 0.000846. The Morgan fingerprint density at radius 3 is 2.89 bits per heavy atom. The SMILES string of the molecule is CC[C@@H](CO)NC(=O)[C@@H]1C=C2c3cccc4c3c(c(Br)n4C)C[C@H]2N(C)C1. The minimum Gasteiger partial charge on any atom is -0.394 e. The maximum Gasteiger partial charge on any atom is 0.228 e. The molecule has 27 heavy (non-hydrogen) atoms. The van der Waals surface area contributed by atoms with E-state index < -0.39 is 0 Å². The van der Waals surface area contributed by atoms with Gasteiger partial charge in [0.25, 0.3) is 0 Å². The molecule has 3 atom stereocenters. The quantitative estimate of drug-likeness (QED) is 0.782. The summed E-state index contributed by atoms with van der Waals surface area (Å²) >= 11 is 3.77. The predicted molar refractivity (Wildman–Crippen MR) is 112 cm³/mol. The highest BCUT2D eigenvalue weighted by Gasteiger charge is 2.37. The molecule has 2 aromatic rings. The number of carbonyl (C=O) groups excluding carboxylic acids is 1. The Hall–Kier alpha value is -1.63. The predicted octanol–water partition coefficient (Wildman–Crippen LogP) is 2.70. The van der Waals surface area contributed by atoms with Crippen LogP contribution < -0.4 is 5.32 Å². The van der Waals surface area contributed by atoms with Gasteiger partial charge in [-0.3, -0.25) is 9.69 Å². The van der Waals surface area contributed by atoms with Gasteiger partial charge in [-0.05, 0) is 58.6 Å². The van der Waals surface area contributed by atoms with Gasteiger partial charge in [-0.2, -0.15) is 0 Å². The number of aromatic nitrogens is 1. The molecule has 1 aliphatic carbocycles. The molecule has 2 aliphatic rings. The summed E-state index contributed by atoms with van der Waals surface area (Å²) in [5.41, 5.74) is 5.05. The van der Waals surface area contributed by atoms with Gasteiger partial charge in [0.2, 0.25) is 5.91 Å². The summed E-state index contributed by atoms with van der Waals surface area (Å²) in [7, 11) is 4.19. The molecule has 2 heterocycles. The van der Waals surface area contributed by atoms with Crippen LogP contribution >= 0.6 is 15.9 Å². The molecule has 6 heteroatoms. The van der Waals surface area contributed by atoms with Crippen LogP contribution in [0.1, 0.15) is 24.5 Å². The first-order valence-electron chi connectivity index (χ1n) is 9.55. The zero-order valence-electron chi connectivity index (χ0n) is 16.0.